The lowest BCUT2D eigenvalue weighted by molar-refractivity contribution is -0.116. The monoisotopic (exact) mass is 377 g/mol. The van der Waals surface area contributed by atoms with Crippen molar-refractivity contribution in [1.82, 2.24) is 9.78 Å². The number of nitrogens with zero attached hydrogens (tertiary/aromatic N) is 2. The predicted molar refractivity (Wildman–Crippen MR) is 104 cm³/mol. The lowest BCUT2D eigenvalue weighted by atomic mass is 9.87. The normalized spacial score (nSPS) is 15.6. The third kappa shape index (κ3) is 3.40. The van der Waals surface area contributed by atoms with Gasteiger partial charge in [0.05, 0.1) is 11.9 Å². The summed E-state index contributed by atoms with van der Waals surface area (Å²) in [7, 11) is 0. The molecular weight excluding hydrogens is 362 g/mol. The van der Waals surface area contributed by atoms with Crippen molar-refractivity contribution in [2.45, 2.75) is 12.3 Å². The fourth-order valence-electron chi connectivity index (χ4n) is 3.22. The van der Waals surface area contributed by atoms with Gasteiger partial charge in [-0.25, -0.2) is 4.68 Å². The van der Waals surface area contributed by atoms with Gasteiger partial charge in [-0.15, -0.1) is 6.42 Å². The number of benzene rings is 2. The molecule has 0 fully saturated rings. The van der Waals surface area contributed by atoms with E-state index in [1.165, 1.54) is 0 Å². The van der Waals surface area contributed by atoms with Crippen molar-refractivity contribution < 1.29 is 9.53 Å². The van der Waals surface area contributed by atoms with Crippen LogP contribution >= 0.6 is 11.6 Å². The van der Waals surface area contributed by atoms with Crippen LogP contribution in [0.4, 0.5) is 5.82 Å². The number of hydrogen-bond acceptors (Lipinski definition) is 3. The molecule has 0 unspecified atom stereocenters. The minimum atomic E-state index is -0.0727. The summed E-state index contributed by atoms with van der Waals surface area (Å²) in [4.78, 5) is 12.3. The second-order valence-corrected chi connectivity index (χ2v) is 6.64. The van der Waals surface area contributed by atoms with Crippen LogP contribution in [0, 0.1) is 12.3 Å². The highest BCUT2D eigenvalue weighted by atomic mass is 35.5. The van der Waals surface area contributed by atoms with E-state index >= 15 is 0 Å². The van der Waals surface area contributed by atoms with Crippen molar-refractivity contribution in [2.75, 3.05) is 11.9 Å². The molecule has 1 aliphatic heterocycles. The molecule has 0 saturated carbocycles. The average molecular weight is 378 g/mol. The van der Waals surface area contributed by atoms with Crippen LogP contribution in [0.15, 0.2) is 54.7 Å². The Morgan fingerprint density at radius 2 is 1.96 bits per heavy atom. The van der Waals surface area contributed by atoms with E-state index < -0.39 is 0 Å². The minimum absolute atomic E-state index is 0.0455. The predicted octanol–water partition coefficient (Wildman–Crippen LogP) is 4.01. The molecule has 0 aliphatic carbocycles. The molecule has 6 heteroatoms. The number of nitrogens with one attached hydrogen (secondary N) is 1. The summed E-state index contributed by atoms with van der Waals surface area (Å²) in [6, 6.07) is 15.0. The first-order chi connectivity index (χ1) is 13.2. The van der Waals surface area contributed by atoms with Crippen LogP contribution in [-0.2, 0) is 4.79 Å². The van der Waals surface area contributed by atoms with E-state index in [4.69, 9.17) is 22.8 Å². The summed E-state index contributed by atoms with van der Waals surface area (Å²) < 4.78 is 7.14. The number of carbonyl (C=O) groups excluding carboxylic acids is 1. The molecular formula is C21H16ClN3O2. The van der Waals surface area contributed by atoms with Crippen molar-refractivity contribution in [3.63, 3.8) is 0 Å². The quantitative estimate of drug-likeness (QED) is 0.699. The topological polar surface area (TPSA) is 56.1 Å². The van der Waals surface area contributed by atoms with E-state index in [2.05, 4.69) is 16.3 Å². The summed E-state index contributed by atoms with van der Waals surface area (Å²) in [5.41, 5.74) is 2.83. The van der Waals surface area contributed by atoms with Crippen molar-refractivity contribution in [1.29, 1.82) is 0 Å². The smallest absolute Gasteiger partial charge is 0.226 e. The zero-order valence-corrected chi connectivity index (χ0v) is 15.1. The van der Waals surface area contributed by atoms with Gasteiger partial charge in [0.15, 0.2) is 0 Å². The largest absolute Gasteiger partial charge is 0.481 e. The van der Waals surface area contributed by atoms with Crippen molar-refractivity contribution in [3.05, 3.63) is 70.9 Å². The van der Waals surface area contributed by atoms with Gasteiger partial charge in [-0.05, 0) is 42.0 Å². The molecule has 2 heterocycles. The standard InChI is InChI=1S/C21H16ClN3O2/c1-2-11-27-17-9-3-14(4-10-17)18-12-20(26)24-21-19(18)13-23-25(21)16-7-5-15(22)6-8-16/h1,3-10,13,18H,11-12H2,(H,24,26)/t18-/m0/s1. The fourth-order valence-corrected chi connectivity index (χ4v) is 3.34. The summed E-state index contributed by atoms with van der Waals surface area (Å²) in [6.45, 7) is 0.225. The van der Waals surface area contributed by atoms with Crippen LogP contribution in [0.5, 0.6) is 5.75 Å². The maximum Gasteiger partial charge on any atom is 0.226 e. The van der Waals surface area contributed by atoms with E-state index in [9.17, 15) is 4.79 Å². The van der Waals surface area contributed by atoms with E-state index in [0.717, 1.165) is 16.8 Å². The highest BCUT2D eigenvalue weighted by Gasteiger charge is 2.30. The molecule has 0 spiro atoms. The Kier molecular flexibility index (Phi) is 4.57. The van der Waals surface area contributed by atoms with Gasteiger partial charge in [0.2, 0.25) is 5.91 Å². The molecule has 27 heavy (non-hydrogen) atoms. The molecule has 0 bridgehead atoms. The van der Waals surface area contributed by atoms with Crippen LogP contribution in [0.3, 0.4) is 0 Å². The van der Waals surface area contributed by atoms with Gasteiger partial charge in [-0.1, -0.05) is 29.7 Å². The average Bonchev–Trinajstić information content (AvgIpc) is 3.10. The van der Waals surface area contributed by atoms with Crippen molar-refractivity contribution in [3.8, 4) is 23.8 Å². The highest BCUT2D eigenvalue weighted by Crippen LogP contribution is 2.38. The Balaban J connectivity index is 1.69. The molecule has 1 amide bonds. The van der Waals surface area contributed by atoms with Gasteiger partial charge in [-0.3, -0.25) is 4.79 Å². The zero-order valence-electron chi connectivity index (χ0n) is 14.4. The van der Waals surface area contributed by atoms with Crippen molar-refractivity contribution in [2.24, 2.45) is 0 Å². The highest BCUT2D eigenvalue weighted by molar-refractivity contribution is 6.30. The molecule has 4 rings (SSSR count). The van der Waals surface area contributed by atoms with Crippen molar-refractivity contribution >= 4 is 23.3 Å². The molecule has 1 atom stereocenters. The summed E-state index contributed by atoms with van der Waals surface area (Å²) in [5, 5.41) is 8.07. The molecule has 0 radical (unpaired) electrons. The number of terminal acetylenes is 1. The summed E-state index contributed by atoms with van der Waals surface area (Å²) in [6.07, 6.45) is 7.38. The minimum Gasteiger partial charge on any atom is -0.481 e. The van der Waals surface area contributed by atoms with Crippen LogP contribution in [-0.4, -0.2) is 22.3 Å². The molecule has 1 aromatic heterocycles. The SMILES string of the molecule is C#CCOc1ccc([C@@H]2CC(=O)Nc3c2cnn3-c2ccc(Cl)cc2)cc1. The lowest BCUT2D eigenvalue weighted by Gasteiger charge is -2.24. The molecule has 2 aromatic carbocycles. The van der Waals surface area contributed by atoms with Gasteiger partial charge >= 0.3 is 0 Å². The first-order valence-corrected chi connectivity index (χ1v) is 8.83. The Morgan fingerprint density at radius 1 is 1.22 bits per heavy atom. The summed E-state index contributed by atoms with van der Waals surface area (Å²) in [5.74, 6) is 3.71. The third-order valence-corrected chi connectivity index (χ3v) is 4.75. The number of carbonyl (C=O) groups is 1. The van der Waals surface area contributed by atoms with Gasteiger partial charge in [-0.2, -0.15) is 5.10 Å². The Labute approximate surface area is 161 Å². The van der Waals surface area contributed by atoms with Crippen LogP contribution in [0.25, 0.3) is 5.69 Å². The maximum absolute atomic E-state index is 12.3. The lowest BCUT2D eigenvalue weighted by Crippen LogP contribution is -2.24. The molecule has 5 nitrogen and oxygen atoms in total. The van der Waals surface area contributed by atoms with E-state index in [1.807, 2.05) is 36.4 Å². The van der Waals surface area contributed by atoms with Crippen LogP contribution in [0.2, 0.25) is 5.02 Å². The first-order valence-electron chi connectivity index (χ1n) is 8.45. The number of fused-ring (bicyclic) bond motifs is 1. The van der Waals surface area contributed by atoms with Gasteiger partial charge in [0, 0.05) is 22.9 Å². The van der Waals surface area contributed by atoms with Crippen LogP contribution in [0.1, 0.15) is 23.5 Å². The number of amides is 1. The fraction of sp³-hybridized carbons (Fsp3) is 0.143. The molecule has 1 N–H and O–H groups in total. The number of hydrogen-bond donors (Lipinski definition) is 1. The van der Waals surface area contributed by atoms with Gasteiger partial charge in [0.25, 0.3) is 0 Å². The number of halogens is 1. The zero-order chi connectivity index (χ0) is 18.8. The van der Waals surface area contributed by atoms with E-state index in [-0.39, 0.29) is 18.4 Å². The summed E-state index contributed by atoms with van der Waals surface area (Å²) >= 11 is 5.97. The molecule has 1 aliphatic rings. The van der Waals surface area contributed by atoms with E-state index in [1.54, 1.807) is 23.0 Å². The number of rotatable bonds is 4. The maximum atomic E-state index is 12.3. The third-order valence-electron chi connectivity index (χ3n) is 4.50. The Bertz CT molecular complexity index is 1020. The van der Waals surface area contributed by atoms with Gasteiger partial charge < -0.3 is 10.1 Å². The molecule has 3 aromatic rings. The van der Waals surface area contributed by atoms with E-state index in [0.29, 0.717) is 23.0 Å². The Morgan fingerprint density at radius 3 is 2.67 bits per heavy atom. The van der Waals surface area contributed by atoms with Gasteiger partial charge in [0.1, 0.15) is 18.2 Å². The Hall–Kier alpha value is -3.23. The molecule has 134 valence electrons. The second-order valence-electron chi connectivity index (χ2n) is 6.20. The first kappa shape index (κ1) is 17.2. The number of anilines is 1. The number of ether oxygens (including phenoxy) is 1. The second kappa shape index (κ2) is 7.18. The van der Waals surface area contributed by atoms with Crippen LogP contribution < -0.4 is 10.1 Å². The molecule has 0 saturated heterocycles. The number of aromatic nitrogens is 2.